The fraction of sp³-hybridized carbons (Fsp3) is 0.444. The van der Waals surface area contributed by atoms with Gasteiger partial charge in [0.2, 0.25) is 6.79 Å². The van der Waals surface area contributed by atoms with E-state index < -0.39 is 24.8 Å². The van der Waals surface area contributed by atoms with E-state index in [2.05, 4.69) is 15.0 Å². The summed E-state index contributed by atoms with van der Waals surface area (Å²) in [6.07, 6.45) is -0.835. The van der Waals surface area contributed by atoms with Crippen LogP contribution in [0.3, 0.4) is 0 Å². The second kappa shape index (κ2) is 7.76. The maximum atomic E-state index is 12.0. The van der Waals surface area contributed by atoms with Gasteiger partial charge in [-0.1, -0.05) is 6.07 Å². The average molecular weight is 364 g/mol. The Morgan fingerprint density at radius 1 is 1.27 bits per heavy atom. The molecular weight excluding hydrogens is 340 g/mol. The zero-order valence-corrected chi connectivity index (χ0v) is 15.3. The minimum Gasteiger partial charge on any atom is -0.506 e. The Hall–Kier alpha value is -2.58. The van der Waals surface area contributed by atoms with E-state index in [1.54, 1.807) is 6.07 Å². The molecule has 0 aliphatic heterocycles. The van der Waals surface area contributed by atoms with E-state index in [0.717, 1.165) is 0 Å². The lowest BCUT2D eigenvalue weighted by atomic mass is 10.0. The molecule has 1 aromatic carbocycles. The molecule has 26 heavy (non-hydrogen) atoms. The number of aliphatic hydroxyl groups excluding tert-OH is 1. The number of aromatic nitrogens is 1. The Bertz CT molecular complexity index is 806. The number of aliphatic hydroxyl groups is 1. The zero-order chi connectivity index (χ0) is 19.5. The van der Waals surface area contributed by atoms with E-state index >= 15 is 0 Å². The van der Waals surface area contributed by atoms with Crippen LogP contribution in [0.1, 0.15) is 49.9 Å². The SMILES string of the molecule is CC(=O)OCOC(=O)c1cc2c(C(O)CNC(C)(C)C)ccc(O)c2[nH]1. The minimum absolute atomic E-state index is 0.0567. The Labute approximate surface area is 151 Å². The minimum atomic E-state index is -0.835. The number of benzene rings is 1. The first-order valence-corrected chi connectivity index (χ1v) is 8.16. The van der Waals surface area contributed by atoms with Crippen LogP contribution in [0.2, 0.25) is 0 Å². The number of hydrogen-bond donors (Lipinski definition) is 4. The molecule has 0 aliphatic carbocycles. The Balaban J connectivity index is 2.25. The molecule has 0 aliphatic rings. The molecule has 1 heterocycles. The van der Waals surface area contributed by atoms with Gasteiger partial charge in [0.05, 0.1) is 11.6 Å². The Morgan fingerprint density at radius 2 is 1.96 bits per heavy atom. The van der Waals surface area contributed by atoms with Crippen molar-refractivity contribution in [3.05, 3.63) is 29.5 Å². The Kier molecular flexibility index (Phi) is 5.89. The molecule has 4 N–H and O–H groups in total. The molecule has 1 aromatic heterocycles. The zero-order valence-electron chi connectivity index (χ0n) is 15.3. The van der Waals surface area contributed by atoms with Crippen LogP contribution in [-0.2, 0) is 14.3 Å². The van der Waals surface area contributed by atoms with E-state index in [9.17, 15) is 19.8 Å². The van der Waals surface area contributed by atoms with E-state index in [4.69, 9.17) is 4.74 Å². The highest BCUT2D eigenvalue weighted by Gasteiger charge is 2.20. The number of hydrogen-bond acceptors (Lipinski definition) is 7. The van der Waals surface area contributed by atoms with Gasteiger partial charge in [-0.15, -0.1) is 0 Å². The molecule has 2 aromatic rings. The number of rotatable bonds is 6. The summed E-state index contributed by atoms with van der Waals surface area (Å²) in [5.41, 5.74) is 0.786. The summed E-state index contributed by atoms with van der Waals surface area (Å²) in [6.45, 7) is 6.97. The summed E-state index contributed by atoms with van der Waals surface area (Å²) in [4.78, 5) is 25.5. The van der Waals surface area contributed by atoms with Gasteiger partial charge in [-0.3, -0.25) is 4.79 Å². The molecule has 0 fully saturated rings. The number of β-amino-alcohol motifs (C(OH)–C–C–N with tert-alkyl or cyclic N) is 1. The van der Waals surface area contributed by atoms with Crippen molar-refractivity contribution < 1.29 is 29.3 Å². The number of nitrogens with one attached hydrogen (secondary N) is 2. The molecule has 8 nitrogen and oxygen atoms in total. The number of phenols is 1. The van der Waals surface area contributed by atoms with Crippen LogP contribution in [0, 0.1) is 0 Å². The summed E-state index contributed by atoms with van der Waals surface area (Å²) in [5, 5.41) is 24.2. The van der Waals surface area contributed by atoms with Crippen molar-refractivity contribution >= 4 is 22.8 Å². The van der Waals surface area contributed by atoms with Gasteiger partial charge in [-0.2, -0.15) is 0 Å². The molecule has 2 rings (SSSR count). The van der Waals surface area contributed by atoms with Crippen molar-refractivity contribution in [1.29, 1.82) is 0 Å². The second-order valence-corrected chi connectivity index (χ2v) is 6.98. The molecule has 0 saturated carbocycles. The van der Waals surface area contributed by atoms with Gasteiger partial charge >= 0.3 is 11.9 Å². The highest BCUT2D eigenvalue weighted by atomic mass is 16.7. The lowest BCUT2D eigenvalue weighted by Gasteiger charge is -2.23. The molecule has 142 valence electrons. The number of aromatic hydroxyl groups is 1. The molecule has 0 amide bonds. The first-order valence-electron chi connectivity index (χ1n) is 8.16. The fourth-order valence-electron chi connectivity index (χ4n) is 2.38. The summed E-state index contributed by atoms with van der Waals surface area (Å²) in [6, 6.07) is 4.54. The number of aromatic amines is 1. The van der Waals surface area contributed by atoms with Crippen LogP contribution < -0.4 is 5.32 Å². The highest BCUT2D eigenvalue weighted by Crippen LogP contribution is 2.31. The molecule has 8 heteroatoms. The van der Waals surface area contributed by atoms with Crippen molar-refractivity contribution in [2.24, 2.45) is 0 Å². The summed E-state index contributed by atoms with van der Waals surface area (Å²) < 4.78 is 9.40. The van der Waals surface area contributed by atoms with Crippen LogP contribution in [0.15, 0.2) is 18.2 Å². The van der Waals surface area contributed by atoms with Gasteiger partial charge in [-0.05, 0) is 38.5 Å². The number of esters is 2. The van der Waals surface area contributed by atoms with E-state index in [1.807, 2.05) is 20.8 Å². The van der Waals surface area contributed by atoms with Crippen molar-refractivity contribution in [3.63, 3.8) is 0 Å². The van der Waals surface area contributed by atoms with Crippen molar-refractivity contribution in [3.8, 4) is 5.75 Å². The highest BCUT2D eigenvalue weighted by molar-refractivity contribution is 5.98. The molecular formula is C18H24N2O6. The lowest BCUT2D eigenvalue weighted by Crippen LogP contribution is -2.38. The number of H-pyrrole nitrogens is 1. The summed E-state index contributed by atoms with van der Waals surface area (Å²) in [5.74, 6) is -1.36. The molecule has 1 atom stereocenters. The van der Waals surface area contributed by atoms with Gasteiger partial charge in [0.1, 0.15) is 11.4 Å². The van der Waals surface area contributed by atoms with Gasteiger partial charge in [0, 0.05) is 24.4 Å². The first-order chi connectivity index (χ1) is 12.1. The third-order valence-electron chi connectivity index (χ3n) is 3.66. The van der Waals surface area contributed by atoms with Gasteiger partial charge < -0.3 is 30.0 Å². The topological polar surface area (TPSA) is 121 Å². The number of phenolic OH excluding ortho intramolecular Hbond substituents is 1. The number of ether oxygens (including phenoxy) is 2. The molecule has 0 radical (unpaired) electrons. The lowest BCUT2D eigenvalue weighted by molar-refractivity contribution is -0.149. The van der Waals surface area contributed by atoms with Gasteiger partial charge in [-0.25, -0.2) is 4.79 Å². The fourth-order valence-corrected chi connectivity index (χ4v) is 2.38. The third-order valence-corrected chi connectivity index (χ3v) is 3.66. The number of carbonyl (C=O) groups is 2. The predicted octanol–water partition coefficient (Wildman–Crippen LogP) is 1.97. The average Bonchev–Trinajstić information content (AvgIpc) is 2.98. The van der Waals surface area contributed by atoms with Gasteiger partial charge in [0.25, 0.3) is 0 Å². The molecule has 1 unspecified atom stereocenters. The van der Waals surface area contributed by atoms with Crippen LogP contribution in [0.5, 0.6) is 5.75 Å². The summed E-state index contributed by atoms with van der Waals surface area (Å²) in [7, 11) is 0. The maximum Gasteiger partial charge on any atom is 0.357 e. The van der Waals surface area contributed by atoms with Gasteiger partial charge in [0.15, 0.2) is 0 Å². The smallest absolute Gasteiger partial charge is 0.357 e. The summed E-state index contributed by atoms with van der Waals surface area (Å²) >= 11 is 0. The Morgan fingerprint density at radius 3 is 2.58 bits per heavy atom. The third kappa shape index (κ3) is 4.96. The first kappa shape index (κ1) is 19.7. The van der Waals surface area contributed by atoms with Crippen molar-refractivity contribution in [2.45, 2.75) is 39.3 Å². The maximum absolute atomic E-state index is 12.0. The second-order valence-electron chi connectivity index (χ2n) is 6.98. The largest absolute Gasteiger partial charge is 0.506 e. The normalized spacial score (nSPS) is 12.8. The van der Waals surface area contributed by atoms with Crippen LogP contribution >= 0.6 is 0 Å². The molecule has 0 saturated heterocycles. The predicted molar refractivity (Wildman–Crippen MR) is 94.7 cm³/mol. The van der Waals surface area contributed by atoms with E-state index in [0.29, 0.717) is 23.0 Å². The number of fused-ring (bicyclic) bond motifs is 1. The molecule has 0 spiro atoms. The van der Waals surface area contributed by atoms with Crippen LogP contribution in [0.25, 0.3) is 10.9 Å². The molecule has 0 bridgehead atoms. The quantitative estimate of drug-likeness (QED) is 0.457. The number of carbonyl (C=O) groups excluding carboxylic acids is 2. The van der Waals surface area contributed by atoms with E-state index in [1.165, 1.54) is 19.1 Å². The van der Waals surface area contributed by atoms with Crippen molar-refractivity contribution in [2.75, 3.05) is 13.3 Å². The standard InChI is InChI=1S/C18H24N2O6/c1-10(21)25-9-26-17(24)13-7-12-11(5-6-14(22)16(12)20-13)15(23)8-19-18(2,3)4/h5-7,15,19-20,22-23H,8-9H2,1-4H3. The van der Waals surface area contributed by atoms with Crippen molar-refractivity contribution in [1.82, 2.24) is 10.3 Å². The van der Waals surface area contributed by atoms with Crippen LogP contribution in [-0.4, -0.2) is 46.0 Å². The monoisotopic (exact) mass is 364 g/mol. The van der Waals surface area contributed by atoms with Crippen LogP contribution in [0.4, 0.5) is 0 Å². The van der Waals surface area contributed by atoms with E-state index in [-0.39, 0.29) is 17.0 Å².